The maximum absolute atomic E-state index is 13.3. The van der Waals surface area contributed by atoms with E-state index in [9.17, 15) is 19.2 Å². The highest BCUT2D eigenvalue weighted by atomic mass is 35.5. The van der Waals surface area contributed by atoms with Gasteiger partial charge < -0.3 is 24.6 Å². The van der Waals surface area contributed by atoms with Gasteiger partial charge in [0.2, 0.25) is 5.91 Å². The lowest BCUT2D eigenvalue weighted by Crippen LogP contribution is -2.50. The van der Waals surface area contributed by atoms with Crippen molar-refractivity contribution in [2.45, 2.75) is 52.7 Å². The Morgan fingerprint density at radius 2 is 1.74 bits per heavy atom. The molecule has 0 unspecified atom stereocenters. The molecule has 0 atom stereocenters. The number of carbonyl (C=O) groups excluding carboxylic acids is 4. The summed E-state index contributed by atoms with van der Waals surface area (Å²) < 4.78 is 12.1. The Hall–Kier alpha value is -3.82. The van der Waals surface area contributed by atoms with E-state index in [1.807, 2.05) is 6.92 Å². The molecule has 0 aliphatic carbocycles. The molecule has 2 fully saturated rings. The Kier molecular flexibility index (Phi) is 12.9. The van der Waals surface area contributed by atoms with Gasteiger partial charge in [-0.25, -0.2) is 9.78 Å². The summed E-state index contributed by atoms with van der Waals surface area (Å²) in [6.45, 7) is 13.7. The molecule has 47 heavy (non-hydrogen) atoms. The summed E-state index contributed by atoms with van der Waals surface area (Å²) in [6, 6.07) is 3.09. The minimum Gasteiger partial charge on any atom is -0.465 e. The number of aromatic nitrogens is 4. The number of carbonyl (C=O) groups is 4. The molecule has 2 saturated heterocycles. The Labute approximate surface area is 280 Å². The van der Waals surface area contributed by atoms with Crippen LogP contribution >= 0.6 is 11.6 Å². The molecule has 258 valence electrons. The average Bonchev–Trinajstić information content (AvgIpc) is 3.54. The SMILES string of the molecule is CCOC(=O)CN1CCN(CC2CCN(C(=O)c3ccc(NC(=O)CN(CCn4ccnn4)C(=O)OC(C)(C)C)c(Cl)n3)CC2)CC1. The molecule has 1 N–H and O–H groups in total. The van der Waals surface area contributed by atoms with Crippen molar-refractivity contribution in [1.29, 1.82) is 0 Å². The predicted octanol–water partition coefficient (Wildman–Crippen LogP) is 2.24. The van der Waals surface area contributed by atoms with Gasteiger partial charge >= 0.3 is 12.1 Å². The lowest BCUT2D eigenvalue weighted by Gasteiger charge is -2.38. The number of esters is 1. The van der Waals surface area contributed by atoms with Crippen LogP contribution in [-0.2, 0) is 25.6 Å². The predicted molar refractivity (Wildman–Crippen MR) is 174 cm³/mol. The highest BCUT2D eigenvalue weighted by Crippen LogP contribution is 2.24. The second-order valence-electron chi connectivity index (χ2n) is 12.8. The van der Waals surface area contributed by atoms with Crippen LogP contribution in [0.5, 0.6) is 0 Å². The van der Waals surface area contributed by atoms with Crippen LogP contribution in [0.4, 0.5) is 10.5 Å². The maximum Gasteiger partial charge on any atom is 0.410 e. The minimum atomic E-state index is -0.743. The van der Waals surface area contributed by atoms with Crippen LogP contribution in [0.25, 0.3) is 0 Å². The second kappa shape index (κ2) is 16.8. The van der Waals surface area contributed by atoms with Crippen molar-refractivity contribution in [2.75, 3.05) is 77.4 Å². The van der Waals surface area contributed by atoms with Crippen LogP contribution in [-0.4, -0.2) is 141 Å². The highest BCUT2D eigenvalue weighted by molar-refractivity contribution is 6.32. The molecule has 0 spiro atoms. The lowest BCUT2D eigenvalue weighted by atomic mass is 9.95. The van der Waals surface area contributed by atoms with Crippen LogP contribution in [0.3, 0.4) is 0 Å². The second-order valence-corrected chi connectivity index (χ2v) is 13.1. The third kappa shape index (κ3) is 11.4. The van der Waals surface area contributed by atoms with Crippen LogP contribution < -0.4 is 5.32 Å². The summed E-state index contributed by atoms with van der Waals surface area (Å²) in [5.41, 5.74) is -0.310. The maximum atomic E-state index is 13.3. The fourth-order valence-corrected chi connectivity index (χ4v) is 5.71. The number of ether oxygens (including phenoxy) is 2. The average molecular weight is 676 g/mol. The zero-order chi connectivity index (χ0) is 34.0. The molecule has 0 bridgehead atoms. The monoisotopic (exact) mass is 675 g/mol. The highest BCUT2D eigenvalue weighted by Gasteiger charge is 2.28. The number of nitrogens with one attached hydrogen (secondary N) is 1. The fraction of sp³-hybridized carbons (Fsp3) is 0.645. The number of nitrogens with zero attached hydrogens (tertiary/aromatic N) is 8. The first-order valence-electron chi connectivity index (χ1n) is 16.1. The van der Waals surface area contributed by atoms with Crippen molar-refractivity contribution in [3.8, 4) is 0 Å². The van der Waals surface area contributed by atoms with Gasteiger partial charge in [0.25, 0.3) is 5.91 Å². The van der Waals surface area contributed by atoms with Gasteiger partial charge in [0, 0.05) is 58.6 Å². The number of piperazine rings is 1. The summed E-state index contributed by atoms with van der Waals surface area (Å²) >= 11 is 6.40. The Morgan fingerprint density at radius 3 is 2.36 bits per heavy atom. The normalized spacial score (nSPS) is 16.5. The van der Waals surface area contributed by atoms with Gasteiger partial charge in [0.05, 0.1) is 31.6 Å². The molecule has 0 radical (unpaired) electrons. The molecule has 4 rings (SSSR count). The van der Waals surface area contributed by atoms with Crippen molar-refractivity contribution in [3.05, 3.63) is 35.4 Å². The lowest BCUT2D eigenvalue weighted by molar-refractivity contribution is -0.144. The molecular weight excluding hydrogens is 630 g/mol. The van der Waals surface area contributed by atoms with Crippen LogP contribution in [0.1, 0.15) is 51.0 Å². The number of piperidine rings is 1. The summed E-state index contributed by atoms with van der Waals surface area (Å²) in [5.74, 6) is -0.396. The van der Waals surface area contributed by atoms with Crippen molar-refractivity contribution in [3.63, 3.8) is 0 Å². The van der Waals surface area contributed by atoms with Crippen LogP contribution in [0, 0.1) is 5.92 Å². The number of pyridine rings is 1. The van der Waals surface area contributed by atoms with E-state index in [-0.39, 0.29) is 41.5 Å². The Morgan fingerprint density at radius 1 is 1.04 bits per heavy atom. The summed E-state index contributed by atoms with van der Waals surface area (Å²) in [4.78, 5) is 62.7. The summed E-state index contributed by atoms with van der Waals surface area (Å²) in [7, 11) is 0. The summed E-state index contributed by atoms with van der Waals surface area (Å²) in [6.07, 6.45) is 4.32. The van der Waals surface area contributed by atoms with Gasteiger partial charge in [0.15, 0.2) is 5.15 Å². The van der Waals surface area contributed by atoms with E-state index in [2.05, 4.69) is 30.4 Å². The third-order valence-corrected chi connectivity index (χ3v) is 8.23. The molecule has 16 heteroatoms. The first kappa shape index (κ1) is 36.0. The summed E-state index contributed by atoms with van der Waals surface area (Å²) in [5, 5.41) is 10.3. The van der Waals surface area contributed by atoms with Crippen molar-refractivity contribution < 1.29 is 28.7 Å². The van der Waals surface area contributed by atoms with Gasteiger partial charge in [-0.2, -0.15) is 0 Å². The number of halogens is 1. The van der Waals surface area contributed by atoms with E-state index in [0.29, 0.717) is 38.7 Å². The number of likely N-dealkylation sites (tertiary alicyclic amines) is 1. The van der Waals surface area contributed by atoms with Crippen LogP contribution in [0.2, 0.25) is 5.15 Å². The van der Waals surface area contributed by atoms with E-state index in [1.54, 1.807) is 48.7 Å². The zero-order valence-electron chi connectivity index (χ0n) is 27.7. The largest absolute Gasteiger partial charge is 0.465 e. The number of rotatable bonds is 12. The molecule has 2 aliphatic heterocycles. The quantitative estimate of drug-likeness (QED) is 0.260. The third-order valence-electron chi connectivity index (χ3n) is 7.94. The number of amides is 3. The Balaban J connectivity index is 1.24. The minimum absolute atomic E-state index is 0.0207. The van der Waals surface area contributed by atoms with E-state index in [1.165, 1.54) is 11.1 Å². The Bertz CT molecular complexity index is 1350. The molecule has 2 aromatic rings. The smallest absolute Gasteiger partial charge is 0.410 e. The van der Waals surface area contributed by atoms with Gasteiger partial charge in [-0.3, -0.25) is 28.9 Å². The van der Waals surface area contributed by atoms with Crippen LogP contribution in [0.15, 0.2) is 24.5 Å². The molecular formula is C31H46ClN9O6. The molecule has 3 amide bonds. The molecule has 4 heterocycles. The number of anilines is 1. The number of hydrogen-bond acceptors (Lipinski definition) is 11. The van der Waals surface area contributed by atoms with Gasteiger partial charge in [0.1, 0.15) is 17.8 Å². The van der Waals surface area contributed by atoms with E-state index < -0.39 is 17.6 Å². The van der Waals surface area contributed by atoms with E-state index in [0.717, 1.165) is 45.6 Å². The molecule has 0 saturated carbocycles. The van der Waals surface area contributed by atoms with Gasteiger partial charge in [-0.05, 0) is 58.6 Å². The van der Waals surface area contributed by atoms with Crippen molar-refractivity contribution in [2.24, 2.45) is 5.92 Å². The molecule has 2 aliphatic rings. The van der Waals surface area contributed by atoms with Crippen molar-refractivity contribution >= 4 is 41.2 Å². The molecule has 15 nitrogen and oxygen atoms in total. The first-order valence-corrected chi connectivity index (χ1v) is 16.5. The first-order chi connectivity index (χ1) is 22.4. The van der Waals surface area contributed by atoms with E-state index in [4.69, 9.17) is 21.1 Å². The standard InChI is InChI=1S/C31H46ClN9O6/c1-5-46-27(43)22-38-16-14-37(15-17-38)20-23-8-11-39(12-9-23)29(44)25-7-6-24(28(32)35-25)34-26(42)21-40(30(45)47-31(2,3)4)18-19-41-13-10-33-36-41/h6-7,10,13,23H,5,8-9,11-12,14-22H2,1-4H3,(H,34,42). The zero-order valence-corrected chi connectivity index (χ0v) is 28.4. The van der Waals surface area contributed by atoms with Gasteiger partial charge in [-0.15, -0.1) is 5.10 Å². The van der Waals surface area contributed by atoms with Gasteiger partial charge in [-0.1, -0.05) is 16.8 Å². The topological polar surface area (TPSA) is 155 Å². The van der Waals surface area contributed by atoms with Crippen molar-refractivity contribution in [1.82, 2.24) is 39.6 Å². The number of hydrogen-bond donors (Lipinski definition) is 1. The van der Waals surface area contributed by atoms with E-state index >= 15 is 0 Å². The fourth-order valence-electron chi connectivity index (χ4n) is 5.51. The molecule has 2 aromatic heterocycles. The molecule has 0 aromatic carbocycles.